The van der Waals surface area contributed by atoms with E-state index in [-0.39, 0.29) is 18.1 Å². The van der Waals surface area contributed by atoms with Gasteiger partial charge in [0, 0.05) is 11.6 Å². The van der Waals surface area contributed by atoms with Crippen molar-refractivity contribution in [2.75, 3.05) is 0 Å². The Morgan fingerprint density at radius 3 is 2.58 bits per heavy atom. The lowest BCUT2D eigenvalue weighted by Crippen LogP contribution is -2.38. The lowest BCUT2D eigenvalue weighted by molar-refractivity contribution is 0.0867. The minimum atomic E-state index is -0.183. The molecule has 1 aromatic carbocycles. The normalized spacial score (nSPS) is 23.4. The van der Waals surface area contributed by atoms with E-state index in [1.54, 1.807) is 0 Å². The van der Waals surface area contributed by atoms with Crippen molar-refractivity contribution < 1.29 is 9.90 Å². The Bertz CT molecular complexity index is 434. The van der Waals surface area contributed by atoms with Crippen LogP contribution in [-0.4, -0.2) is 23.2 Å². The monoisotopic (exact) mass is 261 g/mol. The molecular weight excluding hydrogens is 238 g/mol. The number of nitrogens with one attached hydrogen (secondary N) is 1. The van der Waals surface area contributed by atoms with Gasteiger partial charge in [0.25, 0.3) is 5.91 Å². The molecule has 19 heavy (non-hydrogen) atoms. The van der Waals surface area contributed by atoms with Crippen LogP contribution in [0.4, 0.5) is 0 Å². The molecule has 1 amide bonds. The van der Waals surface area contributed by atoms with E-state index in [0.29, 0.717) is 5.92 Å². The second-order valence-corrected chi connectivity index (χ2v) is 5.76. The molecule has 1 aliphatic rings. The molecule has 1 fully saturated rings. The van der Waals surface area contributed by atoms with Crippen molar-refractivity contribution in [3.05, 3.63) is 35.4 Å². The Hall–Kier alpha value is -1.35. The molecule has 0 spiro atoms. The summed E-state index contributed by atoms with van der Waals surface area (Å²) >= 11 is 0. The predicted octanol–water partition coefficient (Wildman–Crippen LogP) is 2.84. The van der Waals surface area contributed by atoms with Crippen LogP contribution < -0.4 is 5.32 Å². The third kappa shape index (κ3) is 3.80. The molecule has 0 atom stereocenters. The minimum absolute atomic E-state index is 0.00360. The quantitative estimate of drug-likeness (QED) is 0.879. The lowest BCUT2D eigenvalue weighted by Gasteiger charge is -2.26. The summed E-state index contributed by atoms with van der Waals surface area (Å²) in [5, 5.41) is 12.5. The molecular formula is C16H23NO2. The highest BCUT2D eigenvalue weighted by molar-refractivity contribution is 5.94. The van der Waals surface area contributed by atoms with E-state index in [0.717, 1.165) is 31.2 Å². The van der Waals surface area contributed by atoms with Gasteiger partial charge >= 0.3 is 0 Å². The molecule has 0 aliphatic heterocycles. The highest BCUT2D eigenvalue weighted by Gasteiger charge is 2.21. The smallest absolute Gasteiger partial charge is 0.251 e. The number of hydrogen-bond donors (Lipinski definition) is 2. The van der Waals surface area contributed by atoms with Crippen LogP contribution in [0, 0.1) is 0 Å². The standard InChI is InChI=1S/C16H23NO2/c1-11(2)12-4-3-5-13(10-12)16(19)17-14-6-8-15(18)9-7-14/h3-5,10-11,14-15,18H,6-9H2,1-2H3,(H,17,19). The molecule has 104 valence electrons. The summed E-state index contributed by atoms with van der Waals surface area (Å²) in [5.41, 5.74) is 1.92. The molecule has 2 rings (SSSR count). The molecule has 1 saturated carbocycles. The SMILES string of the molecule is CC(C)c1cccc(C(=O)NC2CCC(O)CC2)c1. The third-order valence-electron chi connectivity index (χ3n) is 3.85. The van der Waals surface area contributed by atoms with Crippen LogP contribution in [0.2, 0.25) is 0 Å². The van der Waals surface area contributed by atoms with Crippen molar-refractivity contribution in [2.45, 2.75) is 57.6 Å². The van der Waals surface area contributed by atoms with Crippen LogP contribution in [0.1, 0.15) is 61.4 Å². The summed E-state index contributed by atoms with van der Waals surface area (Å²) in [7, 11) is 0. The number of aliphatic hydroxyl groups excluding tert-OH is 1. The molecule has 0 aromatic heterocycles. The molecule has 0 heterocycles. The van der Waals surface area contributed by atoms with Crippen LogP contribution in [0.3, 0.4) is 0 Å². The molecule has 3 heteroatoms. The summed E-state index contributed by atoms with van der Waals surface area (Å²) in [5.74, 6) is 0.432. The van der Waals surface area contributed by atoms with Crippen molar-refractivity contribution in [1.82, 2.24) is 5.32 Å². The maximum Gasteiger partial charge on any atom is 0.251 e. The van der Waals surface area contributed by atoms with Crippen molar-refractivity contribution in [3.63, 3.8) is 0 Å². The number of carbonyl (C=O) groups is 1. The average molecular weight is 261 g/mol. The van der Waals surface area contributed by atoms with E-state index in [4.69, 9.17) is 0 Å². The predicted molar refractivity (Wildman–Crippen MR) is 76.3 cm³/mol. The second-order valence-electron chi connectivity index (χ2n) is 5.76. The van der Waals surface area contributed by atoms with Gasteiger partial charge in [-0.15, -0.1) is 0 Å². The molecule has 0 bridgehead atoms. The molecule has 1 aromatic rings. The zero-order valence-corrected chi connectivity index (χ0v) is 11.7. The van der Waals surface area contributed by atoms with Gasteiger partial charge in [0.2, 0.25) is 0 Å². The summed E-state index contributed by atoms with van der Waals surface area (Å²) in [4.78, 5) is 12.2. The van der Waals surface area contributed by atoms with Gasteiger partial charge in [-0.1, -0.05) is 26.0 Å². The van der Waals surface area contributed by atoms with Crippen LogP contribution in [-0.2, 0) is 0 Å². The molecule has 0 saturated heterocycles. The zero-order chi connectivity index (χ0) is 13.8. The number of amides is 1. The van der Waals surface area contributed by atoms with Crippen LogP contribution >= 0.6 is 0 Å². The van der Waals surface area contributed by atoms with E-state index in [1.165, 1.54) is 5.56 Å². The zero-order valence-electron chi connectivity index (χ0n) is 11.7. The van der Waals surface area contributed by atoms with Crippen molar-refractivity contribution in [2.24, 2.45) is 0 Å². The summed E-state index contributed by atoms with van der Waals surface area (Å²) in [6.45, 7) is 4.25. The highest BCUT2D eigenvalue weighted by atomic mass is 16.3. The summed E-state index contributed by atoms with van der Waals surface area (Å²) in [6.07, 6.45) is 3.14. The molecule has 0 unspecified atom stereocenters. The third-order valence-corrected chi connectivity index (χ3v) is 3.85. The molecule has 2 N–H and O–H groups in total. The van der Waals surface area contributed by atoms with E-state index < -0.39 is 0 Å². The number of benzene rings is 1. The van der Waals surface area contributed by atoms with Gasteiger partial charge in [-0.25, -0.2) is 0 Å². The van der Waals surface area contributed by atoms with Crippen LogP contribution in [0.25, 0.3) is 0 Å². The Kier molecular flexibility index (Phi) is 4.59. The first-order chi connectivity index (χ1) is 9.06. The lowest BCUT2D eigenvalue weighted by atomic mass is 9.93. The van der Waals surface area contributed by atoms with Gasteiger partial charge in [-0.2, -0.15) is 0 Å². The van der Waals surface area contributed by atoms with Gasteiger partial charge in [0.05, 0.1) is 6.10 Å². The Morgan fingerprint density at radius 1 is 1.26 bits per heavy atom. The fourth-order valence-corrected chi connectivity index (χ4v) is 2.53. The van der Waals surface area contributed by atoms with E-state index in [9.17, 15) is 9.90 Å². The van der Waals surface area contributed by atoms with Gasteiger partial charge in [-0.05, 0) is 49.3 Å². The Balaban J connectivity index is 1.98. The maximum atomic E-state index is 12.2. The first-order valence-corrected chi connectivity index (χ1v) is 7.15. The fourth-order valence-electron chi connectivity index (χ4n) is 2.53. The van der Waals surface area contributed by atoms with Crippen molar-refractivity contribution in [1.29, 1.82) is 0 Å². The summed E-state index contributed by atoms with van der Waals surface area (Å²) in [6, 6.07) is 8.03. The Labute approximate surface area is 115 Å². The van der Waals surface area contributed by atoms with Crippen molar-refractivity contribution in [3.8, 4) is 0 Å². The van der Waals surface area contributed by atoms with Gasteiger partial charge in [0.1, 0.15) is 0 Å². The van der Waals surface area contributed by atoms with Crippen molar-refractivity contribution >= 4 is 5.91 Å². The van der Waals surface area contributed by atoms with E-state index in [1.807, 2.05) is 18.2 Å². The number of hydrogen-bond acceptors (Lipinski definition) is 2. The fraction of sp³-hybridized carbons (Fsp3) is 0.562. The first kappa shape index (κ1) is 14.1. The van der Waals surface area contributed by atoms with E-state index >= 15 is 0 Å². The maximum absolute atomic E-state index is 12.2. The molecule has 1 aliphatic carbocycles. The van der Waals surface area contributed by atoms with Crippen LogP contribution in [0.15, 0.2) is 24.3 Å². The highest BCUT2D eigenvalue weighted by Crippen LogP contribution is 2.19. The minimum Gasteiger partial charge on any atom is -0.393 e. The molecule has 0 radical (unpaired) electrons. The number of carbonyl (C=O) groups excluding carboxylic acids is 1. The second kappa shape index (κ2) is 6.20. The number of aliphatic hydroxyl groups is 1. The summed E-state index contributed by atoms with van der Waals surface area (Å²) < 4.78 is 0. The first-order valence-electron chi connectivity index (χ1n) is 7.15. The van der Waals surface area contributed by atoms with Crippen LogP contribution in [0.5, 0.6) is 0 Å². The topological polar surface area (TPSA) is 49.3 Å². The molecule has 3 nitrogen and oxygen atoms in total. The van der Waals surface area contributed by atoms with Gasteiger partial charge in [-0.3, -0.25) is 4.79 Å². The number of rotatable bonds is 3. The Morgan fingerprint density at radius 2 is 1.95 bits per heavy atom. The average Bonchev–Trinajstić information content (AvgIpc) is 2.41. The van der Waals surface area contributed by atoms with Gasteiger partial charge < -0.3 is 10.4 Å². The largest absolute Gasteiger partial charge is 0.393 e. The van der Waals surface area contributed by atoms with E-state index in [2.05, 4.69) is 25.2 Å². The van der Waals surface area contributed by atoms with Gasteiger partial charge in [0.15, 0.2) is 0 Å².